The molecule has 0 aliphatic rings. The molecule has 3 aromatic heterocycles. The van der Waals surface area contributed by atoms with E-state index in [0.29, 0.717) is 17.3 Å². The number of carbonyl (C=O) groups excluding carboxylic acids is 1. The highest BCUT2D eigenvalue weighted by Gasteiger charge is 2.08. The third-order valence-corrected chi connectivity index (χ3v) is 4.34. The molecular formula is C16H14N6OS. The van der Waals surface area contributed by atoms with Crippen LogP contribution >= 0.6 is 11.8 Å². The Hall–Kier alpha value is -2.87. The van der Waals surface area contributed by atoms with Crippen LogP contribution in [0.5, 0.6) is 0 Å². The van der Waals surface area contributed by atoms with Gasteiger partial charge in [0.25, 0.3) is 0 Å². The zero-order valence-electron chi connectivity index (χ0n) is 12.6. The second-order valence-corrected chi connectivity index (χ2v) is 6.15. The minimum Gasteiger partial charge on any atom is -0.348 e. The lowest BCUT2D eigenvalue weighted by atomic mass is 10.3. The Labute approximate surface area is 141 Å². The van der Waals surface area contributed by atoms with Crippen molar-refractivity contribution >= 4 is 39.9 Å². The number of aromatic amines is 2. The van der Waals surface area contributed by atoms with E-state index in [9.17, 15) is 4.79 Å². The number of nitrogens with zero attached hydrogens (tertiary/aromatic N) is 3. The van der Waals surface area contributed by atoms with Crippen LogP contribution in [0.1, 0.15) is 5.82 Å². The van der Waals surface area contributed by atoms with Crippen LogP contribution in [0.2, 0.25) is 0 Å². The highest BCUT2D eigenvalue weighted by atomic mass is 32.2. The van der Waals surface area contributed by atoms with Gasteiger partial charge < -0.3 is 15.3 Å². The fourth-order valence-electron chi connectivity index (χ4n) is 2.35. The number of benzene rings is 1. The Balaban J connectivity index is 1.33. The zero-order valence-corrected chi connectivity index (χ0v) is 13.4. The van der Waals surface area contributed by atoms with Crippen molar-refractivity contribution in [2.45, 2.75) is 11.7 Å². The molecular weight excluding hydrogens is 324 g/mol. The van der Waals surface area contributed by atoms with Gasteiger partial charge in [0.1, 0.15) is 5.82 Å². The molecule has 120 valence electrons. The summed E-state index contributed by atoms with van der Waals surface area (Å²) < 4.78 is 0. The molecule has 1 amide bonds. The summed E-state index contributed by atoms with van der Waals surface area (Å²) in [4.78, 5) is 31.2. The van der Waals surface area contributed by atoms with E-state index in [1.54, 1.807) is 6.20 Å². The van der Waals surface area contributed by atoms with Gasteiger partial charge in [0.15, 0.2) is 10.8 Å². The van der Waals surface area contributed by atoms with Crippen molar-refractivity contribution in [1.82, 2.24) is 30.2 Å². The zero-order chi connectivity index (χ0) is 16.4. The molecule has 0 aliphatic carbocycles. The number of hydrogen-bond acceptors (Lipinski definition) is 5. The van der Waals surface area contributed by atoms with Crippen molar-refractivity contribution in [2.75, 3.05) is 5.75 Å². The summed E-state index contributed by atoms with van der Waals surface area (Å²) in [5.74, 6) is 0.941. The van der Waals surface area contributed by atoms with Crippen LogP contribution in [-0.4, -0.2) is 36.6 Å². The third-order valence-electron chi connectivity index (χ3n) is 3.47. The largest absolute Gasteiger partial charge is 0.348 e. The van der Waals surface area contributed by atoms with Crippen LogP contribution in [0.4, 0.5) is 0 Å². The first kappa shape index (κ1) is 14.7. The van der Waals surface area contributed by atoms with Crippen molar-refractivity contribution in [3.8, 4) is 0 Å². The second kappa shape index (κ2) is 6.32. The van der Waals surface area contributed by atoms with E-state index in [4.69, 9.17) is 0 Å². The van der Waals surface area contributed by atoms with Crippen molar-refractivity contribution in [3.63, 3.8) is 0 Å². The van der Waals surface area contributed by atoms with Crippen LogP contribution in [0.15, 0.2) is 47.8 Å². The van der Waals surface area contributed by atoms with Gasteiger partial charge in [-0.2, -0.15) is 0 Å². The number of thioether (sulfide) groups is 1. The molecule has 0 aliphatic heterocycles. The Morgan fingerprint density at radius 3 is 2.83 bits per heavy atom. The Morgan fingerprint density at radius 1 is 1.08 bits per heavy atom. The maximum atomic E-state index is 12.0. The Morgan fingerprint density at radius 2 is 1.96 bits per heavy atom. The van der Waals surface area contributed by atoms with Gasteiger partial charge >= 0.3 is 0 Å². The van der Waals surface area contributed by atoms with Gasteiger partial charge in [-0.05, 0) is 24.3 Å². The summed E-state index contributed by atoms with van der Waals surface area (Å²) in [5, 5.41) is 3.54. The summed E-state index contributed by atoms with van der Waals surface area (Å²) >= 11 is 1.35. The van der Waals surface area contributed by atoms with Crippen LogP contribution in [0.3, 0.4) is 0 Å². The lowest BCUT2D eigenvalue weighted by Gasteiger charge is -2.01. The van der Waals surface area contributed by atoms with E-state index in [0.717, 1.165) is 22.4 Å². The van der Waals surface area contributed by atoms with Gasteiger partial charge in [0.05, 0.1) is 28.8 Å². The monoisotopic (exact) mass is 338 g/mol. The lowest BCUT2D eigenvalue weighted by molar-refractivity contribution is -0.118. The first-order valence-corrected chi connectivity index (χ1v) is 8.40. The average Bonchev–Trinajstić information content (AvgIpc) is 3.21. The average molecular weight is 338 g/mol. The molecule has 3 heterocycles. The standard InChI is InChI=1S/C16H14N6OS/c23-14(9-24-16-21-12-6-3-7-17-15(12)22-16)18-8-13-19-10-4-1-2-5-11(10)20-13/h1-7H,8-9H2,(H,18,23)(H,19,20)(H,17,21,22). The normalized spacial score (nSPS) is 11.2. The van der Waals surface area contributed by atoms with Crippen LogP contribution in [0.25, 0.3) is 22.2 Å². The molecule has 0 fully saturated rings. The minimum atomic E-state index is -0.0751. The smallest absolute Gasteiger partial charge is 0.230 e. The summed E-state index contributed by atoms with van der Waals surface area (Å²) in [6.07, 6.45) is 1.69. The van der Waals surface area contributed by atoms with E-state index in [1.165, 1.54) is 11.8 Å². The third kappa shape index (κ3) is 3.09. The highest BCUT2D eigenvalue weighted by molar-refractivity contribution is 7.99. The van der Waals surface area contributed by atoms with Crippen LogP contribution in [-0.2, 0) is 11.3 Å². The molecule has 8 heteroatoms. The molecule has 0 unspecified atom stereocenters. The predicted octanol–water partition coefficient (Wildman–Crippen LogP) is 2.24. The number of amides is 1. The molecule has 0 saturated carbocycles. The molecule has 7 nitrogen and oxygen atoms in total. The summed E-state index contributed by atoms with van der Waals surface area (Å²) in [7, 11) is 0. The van der Waals surface area contributed by atoms with E-state index >= 15 is 0 Å². The first-order chi connectivity index (χ1) is 11.8. The number of nitrogens with one attached hydrogen (secondary N) is 3. The van der Waals surface area contributed by atoms with Gasteiger partial charge in [-0.3, -0.25) is 4.79 Å². The minimum absolute atomic E-state index is 0.0751. The van der Waals surface area contributed by atoms with E-state index < -0.39 is 0 Å². The maximum Gasteiger partial charge on any atom is 0.230 e. The number of hydrogen-bond donors (Lipinski definition) is 3. The molecule has 0 radical (unpaired) electrons. The lowest BCUT2D eigenvalue weighted by Crippen LogP contribution is -2.25. The number of aromatic nitrogens is 5. The topological polar surface area (TPSA) is 99.3 Å². The summed E-state index contributed by atoms with van der Waals surface area (Å²) in [6.45, 7) is 0.371. The number of pyridine rings is 1. The van der Waals surface area contributed by atoms with Gasteiger partial charge in [0, 0.05) is 6.20 Å². The molecule has 1 aromatic carbocycles. The number of para-hydroxylation sites is 2. The van der Waals surface area contributed by atoms with Crippen molar-refractivity contribution < 1.29 is 4.79 Å². The summed E-state index contributed by atoms with van der Waals surface area (Å²) in [6, 6.07) is 11.5. The highest BCUT2D eigenvalue weighted by Crippen LogP contribution is 2.17. The quantitative estimate of drug-likeness (QED) is 0.485. The second-order valence-electron chi connectivity index (χ2n) is 5.18. The molecule has 4 aromatic rings. The van der Waals surface area contributed by atoms with E-state index in [1.807, 2.05) is 36.4 Å². The molecule has 0 spiro atoms. The fraction of sp³-hybridized carbons (Fsp3) is 0.125. The fourth-order valence-corrected chi connectivity index (χ4v) is 3.05. The number of imidazole rings is 2. The number of H-pyrrole nitrogens is 2. The maximum absolute atomic E-state index is 12.0. The van der Waals surface area contributed by atoms with Crippen LogP contribution < -0.4 is 5.32 Å². The van der Waals surface area contributed by atoms with E-state index in [2.05, 4.69) is 30.2 Å². The van der Waals surface area contributed by atoms with Gasteiger partial charge in [-0.25, -0.2) is 15.0 Å². The van der Waals surface area contributed by atoms with Crippen molar-refractivity contribution in [2.24, 2.45) is 0 Å². The van der Waals surface area contributed by atoms with Gasteiger partial charge in [-0.15, -0.1) is 0 Å². The molecule has 0 saturated heterocycles. The predicted molar refractivity (Wildman–Crippen MR) is 92.6 cm³/mol. The number of carbonyl (C=O) groups is 1. The molecule has 4 rings (SSSR count). The molecule has 0 atom stereocenters. The van der Waals surface area contributed by atoms with Gasteiger partial charge in [-0.1, -0.05) is 23.9 Å². The molecule has 3 N–H and O–H groups in total. The number of fused-ring (bicyclic) bond motifs is 2. The van der Waals surface area contributed by atoms with E-state index in [-0.39, 0.29) is 11.7 Å². The van der Waals surface area contributed by atoms with Gasteiger partial charge in [0.2, 0.25) is 5.91 Å². The number of rotatable bonds is 5. The Bertz CT molecular complexity index is 862. The first-order valence-electron chi connectivity index (χ1n) is 7.42. The molecule has 0 bridgehead atoms. The summed E-state index contributed by atoms with van der Waals surface area (Å²) in [5.41, 5.74) is 3.38. The van der Waals surface area contributed by atoms with Crippen molar-refractivity contribution in [3.05, 3.63) is 48.4 Å². The van der Waals surface area contributed by atoms with Crippen LogP contribution in [0, 0.1) is 0 Å². The Kier molecular flexibility index (Phi) is 3.87. The SMILES string of the molecule is O=C(CSc1nc2ncccc2[nH]1)NCc1nc2ccccc2[nH]1. The van der Waals surface area contributed by atoms with Crippen molar-refractivity contribution in [1.29, 1.82) is 0 Å². The molecule has 24 heavy (non-hydrogen) atoms.